The smallest absolute Gasteiger partial charge is 0.236 e. The summed E-state index contributed by atoms with van der Waals surface area (Å²) in [6.45, 7) is -0.0914. The van der Waals surface area contributed by atoms with Gasteiger partial charge in [0.15, 0.2) is 0 Å². The number of primary amides is 1. The Kier molecular flexibility index (Phi) is 4.18. The van der Waals surface area contributed by atoms with Crippen molar-refractivity contribution in [3.63, 3.8) is 0 Å². The number of carbonyl (C=O) groups is 2. The molecule has 100 valence electrons. The lowest BCUT2D eigenvalue weighted by atomic mass is 10.1. The lowest BCUT2D eigenvalue weighted by Crippen LogP contribution is -2.33. The van der Waals surface area contributed by atoms with Gasteiger partial charge in [-0.3, -0.25) is 9.59 Å². The average Bonchev–Trinajstić information content (AvgIpc) is 2.80. The quantitative estimate of drug-likeness (QED) is 0.725. The molecule has 2 rings (SSSR count). The second-order valence-electron chi connectivity index (χ2n) is 4.46. The number of fused-ring (bicyclic) bond motifs is 1. The van der Waals surface area contributed by atoms with Crippen LogP contribution in [0.3, 0.4) is 0 Å². The van der Waals surface area contributed by atoms with Crippen molar-refractivity contribution in [2.24, 2.45) is 5.73 Å². The minimum atomic E-state index is -0.523. The van der Waals surface area contributed by atoms with E-state index >= 15 is 0 Å². The van der Waals surface area contributed by atoms with E-state index in [1.165, 1.54) is 10.9 Å². The van der Waals surface area contributed by atoms with Gasteiger partial charge in [0.05, 0.1) is 6.54 Å². The molecule has 0 unspecified atom stereocenters. The van der Waals surface area contributed by atoms with Crippen LogP contribution >= 0.6 is 0 Å². The first-order valence-electron chi connectivity index (χ1n) is 6.27. The number of para-hydroxylation sites is 1. The molecule has 0 saturated heterocycles. The summed E-state index contributed by atoms with van der Waals surface area (Å²) in [5.74, 6) is -0.663. The number of hydrogen-bond donors (Lipinski definition) is 3. The zero-order valence-electron chi connectivity index (χ0n) is 10.6. The fourth-order valence-electron chi connectivity index (χ4n) is 2.05. The molecule has 5 nitrogen and oxygen atoms in total. The third-order valence-electron chi connectivity index (χ3n) is 2.98. The summed E-state index contributed by atoms with van der Waals surface area (Å²) in [7, 11) is 0. The molecule has 0 bridgehead atoms. The van der Waals surface area contributed by atoms with Crippen molar-refractivity contribution < 1.29 is 9.59 Å². The maximum absolute atomic E-state index is 11.4. The summed E-state index contributed by atoms with van der Waals surface area (Å²) in [6, 6.07) is 8.08. The third kappa shape index (κ3) is 3.58. The van der Waals surface area contributed by atoms with E-state index in [9.17, 15) is 9.59 Å². The largest absolute Gasteiger partial charge is 0.368 e. The van der Waals surface area contributed by atoms with Gasteiger partial charge in [-0.05, 0) is 24.5 Å². The number of hydrogen-bond acceptors (Lipinski definition) is 2. The summed E-state index contributed by atoms with van der Waals surface area (Å²) < 4.78 is 0. The summed E-state index contributed by atoms with van der Waals surface area (Å²) in [4.78, 5) is 25.1. The number of nitrogens with one attached hydrogen (secondary N) is 2. The lowest BCUT2D eigenvalue weighted by Gasteiger charge is -2.02. The van der Waals surface area contributed by atoms with Gasteiger partial charge in [0, 0.05) is 23.5 Å². The predicted octanol–water partition coefficient (Wildman–Crippen LogP) is 1.09. The van der Waals surface area contributed by atoms with Crippen molar-refractivity contribution in [3.05, 3.63) is 36.0 Å². The molecule has 1 aromatic carbocycles. The van der Waals surface area contributed by atoms with Crippen molar-refractivity contribution in [1.82, 2.24) is 10.3 Å². The van der Waals surface area contributed by atoms with Crippen LogP contribution in [0.1, 0.15) is 18.4 Å². The molecule has 0 spiro atoms. The monoisotopic (exact) mass is 259 g/mol. The first kappa shape index (κ1) is 13.1. The van der Waals surface area contributed by atoms with E-state index in [-0.39, 0.29) is 12.5 Å². The summed E-state index contributed by atoms with van der Waals surface area (Å²) in [5.41, 5.74) is 7.26. The number of aromatic nitrogens is 1. The van der Waals surface area contributed by atoms with Crippen molar-refractivity contribution in [3.8, 4) is 0 Å². The van der Waals surface area contributed by atoms with E-state index < -0.39 is 5.91 Å². The Labute approximate surface area is 111 Å². The average molecular weight is 259 g/mol. The van der Waals surface area contributed by atoms with Crippen molar-refractivity contribution in [2.45, 2.75) is 19.3 Å². The number of amides is 2. The number of rotatable bonds is 6. The lowest BCUT2D eigenvalue weighted by molar-refractivity contribution is -0.124. The molecule has 0 fully saturated rings. The van der Waals surface area contributed by atoms with Crippen LogP contribution in [0, 0.1) is 0 Å². The van der Waals surface area contributed by atoms with Crippen LogP contribution in [-0.4, -0.2) is 23.3 Å². The van der Waals surface area contributed by atoms with Gasteiger partial charge in [0.25, 0.3) is 0 Å². The van der Waals surface area contributed by atoms with Crippen LogP contribution in [0.5, 0.6) is 0 Å². The molecule has 0 radical (unpaired) electrons. The fourth-order valence-corrected chi connectivity index (χ4v) is 2.05. The van der Waals surface area contributed by atoms with Gasteiger partial charge >= 0.3 is 0 Å². The molecule has 0 atom stereocenters. The van der Waals surface area contributed by atoms with Gasteiger partial charge < -0.3 is 16.0 Å². The van der Waals surface area contributed by atoms with Crippen LogP contribution in [0.4, 0.5) is 0 Å². The Morgan fingerprint density at radius 1 is 1.26 bits per heavy atom. The number of carbonyl (C=O) groups excluding carboxylic acids is 2. The Morgan fingerprint density at radius 3 is 2.84 bits per heavy atom. The first-order chi connectivity index (χ1) is 9.16. The maximum atomic E-state index is 11.4. The summed E-state index contributed by atoms with van der Waals surface area (Å²) in [6.07, 6.45) is 3.94. The second-order valence-corrected chi connectivity index (χ2v) is 4.46. The molecule has 0 saturated carbocycles. The molecule has 4 N–H and O–H groups in total. The highest BCUT2D eigenvalue weighted by Crippen LogP contribution is 2.19. The van der Waals surface area contributed by atoms with E-state index in [0.29, 0.717) is 6.42 Å². The van der Waals surface area contributed by atoms with Gasteiger partial charge in [-0.15, -0.1) is 0 Å². The van der Waals surface area contributed by atoms with Gasteiger partial charge in [0.2, 0.25) is 11.8 Å². The van der Waals surface area contributed by atoms with E-state index in [1.54, 1.807) is 0 Å². The van der Waals surface area contributed by atoms with Crippen LogP contribution in [0.2, 0.25) is 0 Å². The molecule has 2 amide bonds. The molecule has 0 aliphatic heterocycles. The van der Waals surface area contributed by atoms with Crippen molar-refractivity contribution >= 4 is 22.7 Å². The van der Waals surface area contributed by atoms with E-state index in [0.717, 1.165) is 18.4 Å². The minimum absolute atomic E-state index is 0.0914. The molecular weight excluding hydrogens is 242 g/mol. The first-order valence-corrected chi connectivity index (χ1v) is 6.27. The Bertz CT molecular complexity index is 589. The number of aryl methyl sites for hydroxylation is 1. The molecule has 0 aliphatic rings. The molecule has 1 aromatic heterocycles. The molecule has 1 heterocycles. The summed E-state index contributed by atoms with van der Waals surface area (Å²) >= 11 is 0. The Balaban J connectivity index is 1.83. The third-order valence-corrected chi connectivity index (χ3v) is 2.98. The van der Waals surface area contributed by atoms with E-state index in [2.05, 4.69) is 16.4 Å². The zero-order chi connectivity index (χ0) is 13.7. The predicted molar refractivity (Wildman–Crippen MR) is 73.4 cm³/mol. The fraction of sp³-hybridized carbons (Fsp3) is 0.286. The minimum Gasteiger partial charge on any atom is -0.368 e. The van der Waals surface area contributed by atoms with Crippen LogP contribution in [0.25, 0.3) is 10.9 Å². The van der Waals surface area contributed by atoms with Crippen LogP contribution < -0.4 is 11.1 Å². The molecule has 2 aromatic rings. The number of benzene rings is 1. The van der Waals surface area contributed by atoms with Gasteiger partial charge in [-0.25, -0.2) is 0 Å². The number of nitrogens with two attached hydrogens (primary N) is 1. The molecule has 0 aliphatic carbocycles. The topological polar surface area (TPSA) is 88.0 Å². The Hall–Kier alpha value is -2.30. The van der Waals surface area contributed by atoms with Crippen LogP contribution in [0.15, 0.2) is 30.5 Å². The van der Waals surface area contributed by atoms with Gasteiger partial charge in [0.1, 0.15) is 0 Å². The summed E-state index contributed by atoms with van der Waals surface area (Å²) in [5, 5.41) is 3.67. The second kappa shape index (κ2) is 6.04. The maximum Gasteiger partial charge on any atom is 0.236 e. The number of aromatic amines is 1. The van der Waals surface area contributed by atoms with Crippen molar-refractivity contribution in [2.75, 3.05) is 6.54 Å². The highest BCUT2D eigenvalue weighted by molar-refractivity contribution is 5.84. The SMILES string of the molecule is NC(=O)CNC(=O)CCCc1c[nH]c2ccccc12. The van der Waals surface area contributed by atoms with E-state index in [1.807, 2.05) is 24.4 Å². The molecule has 5 heteroatoms. The number of H-pyrrole nitrogens is 1. The van der Waals surface area contributed by atoms with E-state index in [4.69, 9.17) is 5.73 Å². The highest BCUT2D eigenvalue weighted by Gasteiger charge is 2.05. The van der Waals surface area contributed by atoms with Crippen molar-refractivity contribution in [1.29, 1.82) is 0 Å². The highest BCUT2D eigenvalue weighted by atomic mass is 16.2. The zero-order valence-corrected chi connectivity index (χ0v) is 10.6. The molecular formula is C14H17N3O2. The van der Waals surface area contributed by atoms with Crippen LogP contribution in [-0.2, 0) is 16.0 Å². The standard InChI is InChI=1S/C14H17N3O2/c15-13(18)9-17-14(19)7-3-4-10-8-16-12-6-2-1-5-11(10)12/h1-2,5-6,8,16H,3-4,7,9H2,(H2,15,18)(H,17,19). The molecule has 19 heavy (non-hydrogen) atoms. The van der Waals surface area contributed by atoms with Gasteiger partial charge in [-0.1, -0.05) is 18.2 Å². The normalized spacial score (nSPS) is 10.5. The Morgan fingerprint density at radius 2 is 2.05 bits per heavy atom. The van der Waals surface area contributed by atoms with Gasteiger partial charge in [-0.2, -0.15) is 0 Å².